The Kier molecular flexibility index (Phi) is 8.10. The molecule has 6 nitrogen and oxygen atoms in total. The van der Waals surface area contributed by atoms with Gasteiger partial charge in [0.2, 0.25) is 5.91 Å². The molecule has 0 atom stereocenters. The lowest BCUT2D eigenvalue weighted by Crippen LogP contribution is -2.40. The van der Waals surface area contributed by atoms with Crippen LogP contribution < -0.4 is 5.56 Å². The van der Waals surface area contributed by atoms with Gasteiger partial charge in [-0.1, -0.05) is 68.0 Å². The summed E-state index contributed by atoms with van der Waals surface area (Å²) in [6.07, 6.45) is -3.30. The second-order valence-corrected chi connectivity index (χ2v) is 12.0. The number of amides is 1. The van der Waals surface area contributed by atoms with Gasteiger partial charge in [0.1, 0.15) is 12.4 Å². The smallest absolute Gasteiger partial charge is 0.336 e. The van der Waals surface area contributed by atoms with Gasteiger partial charge in [-0.05, 0) is 91.3 Å². The minimum Gasteiger partial charge on any atom is -0.336 e. The third-order valence-corrected chi connectivity index (χ3v) is 8.96. The van der Waals surface area contributed by atoms with Crippen LogP contribution in [0.25, 0.3) is 11.1 Å². The Morgan fingerprint density at radius 2 is 1.73 bits per heavy atom. The van der Waals surface area contributed by atoms with Crippen LogP contribution in [0.3, 0.4) is 0 Å². The fourth-order valence-electron chi connectivity index (χ4n) is 5.30. The fraction of sp³-hybridized carbons (Fsp3) is 0.378. The number of carbonyl (C=O) groups excluding carboxylic acids is 1. The third kappa shape index (κ3) is 8.54. The molecule has 1 heterocycles. The maximum Gasteiger partial charge on any atom is 0.416 e. The molecule has 0 spiro atoms. The molecule has 0 saturated heterocycles. The van der Waals surface area contributed by atoms with Crippen molar-refractivity contribution in [2.75, 3.05) is 26.1 Å². The molecule has 11 heteroatoms. The maximum absolute atomic E-state index is 14.6. The summed E-state index contributed by atoms with van der Waals surface area (Å²) >= 11 is 1.09. The summed E-state index contributed by atoms with van der Waals surface area (Å²) in [6.45, 7) is -5.93. The number of hydrogen-bond donors (Lipinski definition) is 0. The van der Waals surface area contributed by atoms with Crippen molar-refractivity contribution in [1.82, 2.24) is 19.4 Å². The molecule has 0 aliphatic heterocycles. The van der Waals surface area contributed by atoms with E-state index in [1.807, 2.05) is 0 Å². The minimum atomic E-state index is -4.66. The van der Waals surface area contributed by atoms with Gasteiger partial charge < -0.3 is 14.4 Å². The largest absolute Gasteiger partial charge is 0.416 e. The van der Waals surface area contributed by atoms with Crippen molar-refractivity contribution in [3.05, 3.63) is 116 Å². The quantitative estimate of drug-likeness (QED) is 0.0826. The number of nitrogens with zero attached hydrogens (tertiary/aromatic N) is 4. The predicted octanol–water partition coefficient (Wildman–Crippen LogP) is 7.53. The first-order valence-corrected chi connectivity index (χ1v) is 16.2. The Hall–Kier alpha value is -3.96. The van der Waals surface area contributed by atoms with Gasteiger partial charge in [-0.15, -0.1) is 0 Å². The van der Waals surface area contributed by atoms with E-state index in [4.69, 9.17) is 9.60 Å². The number of alkyl halides is 3. The van der Waals surface area contributed by atoms with Gasteiger partial charge in [0.05, 0.1) is 12.4 Å². The Labute approximate surface area is 295 Å². The zero-order valence-corrected chi connectivity index (χ0v) is 27.4. The predicted molar refractivity (Wildman–Crippen MR) is 181 cm³/mol. The van der Waals surface area contributed by atoms with Crippen LogP contribution in [0.15, 0.2) is 76.6 Å². The van der Waals surface area contributed by atoms with Gasteiger partial charge in [0, 0.05) is 42.1 Å². The van der Waals surface area contributed by atoms with E-state index < -0.39 is 91.8 Å². The SMILES string of the molecule is [2H]c1c([2H])c(C([2H])([2H])N(CCN(C([2H])([2H])C)C([2H])([2H])C)C(=O)Cn2c(SCc3ccc(F)cc3)nc(=O)c3c2CCC3)c(C)c([2H])c1-c1ccc(C(F)(F)F)cc1. The molecule has 0 radical (unpaired) electrons. The van der Waals surface area contributed by atoms with Gasteiger partial charge >= 0.3 is 6.18 Å². The molecule has 5 rings (SSSR count). The molecule has 3 aromatic carbocycles. The lowest BCUT2D eigenvalue weighted by Gasteiger charge is -2.28. The lowest BCUT2D eigenvalue weighted by atomic mass is 9.98. The van der Waals surface area contributed by atoms with Crippen molar-refractivity contribution in [2.24, 2.45) is 0 Å². The molecule has 4 aromatic rings. The fourth-order valence-corrected chi connectivity index (χ4v) is 6.27. The topological polar surface area (TPSA) is 58.4 Å². The molecule has 0 saturated carbocycles. The van der Waals surface area contributed by atoms with Gasteiger partial charge in [0.25, 0.3) is 5.56 Å². The summed E-state index contributed by atoms with van der Waals surface area (Å²) in [5.41, 5.74) is -0.876. The van der Waals surface area contributed by atoms with Crippen LogP contribution in [-0.4, -0.2) is 51.3 Å². The number of benzene rings is 3. The van der Waals surface area contributed by atoms with E-state index in [0.29, 0.717) is 41.0 Å². The van der Waals surface area contributed by atoms with Crippen LogP contribution in [0.2, 0.25) is 0 Å². The first-order chi connectivity index (χ1) is 26.3. The zero-order valence-electron chi connectivity index (χ0n) is 35.6. The first kappa shape index (κ1) is 25.1. The zero-order chi connectivity index (χ0) is 42.4. The molecule has 1 amide bonds. The summed E-state index contributed by atoms with van der Waals surface area (Å²) in [7, 11) is 0. The molecule has 0 fully saturated rings. The van der Waals surface area contributed by atoms with Crippen LogP contribution >= 0.6 is 11.8 Å². The highest BCUT2D eigenvalue weighted by Crippen LogP contribution is 2.32. The molecule has 0 N–H and O–H groups in total. The van der Waals surface area contributed by atoms with Crippen LogP contribution in [-0.2, 0) is 42.6 Å². The summed E-state index contributed by atoms with van der Waals surface area (Å²) < 4.78 is 134. The minimum absolute atomic E-state index is 0.00545. The van der Waals surface area contributed by atoms with Crippen LogP contribution in [0.5, 0.6) is 0 Å². The van der Waals surface area contributed by atoms with E-state index in [1.54, 1.807) is 12.1 Å². The maximum atomic E-state index is 14.6. The van der Waals surface area contributed by atoms with Crippen molar-refractivity contribution < 1.29 is 34.7 Å². The molecule has 0 unspecified atom stereocenters. The second-order valence-electron chi connectivity index (χ2n) is 11.1. The van der Waals surface area contributed by atoms with Crippen molar-refractivity contribution in [3.8, 4) is 11.1 Å². The molecular weight excluding hydrogens is 640 g/mol. The summed E-state index contributed by atoms with van der Waals surface area (Å²) in [4.78, 5) is 33.4. The molecule has 1 aliphatic rings. The van der Waals surface area contributed by atoms with Crippen molar-refractivity contribution >= 4 is 17.7 Å². The Balaban J connectivity index is 1.61. The molecule has 0 bridgehead atoms. The van der Waals surface area contributed by atoms with Gasteiger partial charge in [-0.2, -0.15) is 18.2 Å². The standard InChI is InChI=1S/C37H40F4N4O2S/c1-4-43(5-2)19-20-44(22-29-12-11-28(21-25(29)3)27-13-15-30(16-14-27)37(39,40)41)34(46)23-45-33-8-6-7-32(33)35(47)42-36(45)48-24-26-9-17-31(38)18-10-26/h9-18,21H,4-8,19-20,22-24H2,1-3H3/i4D2,5D2,11D,12D,21D,22D2. The van der Waals surface area contributed by atoms with E-state index in [-0.39, 0.29) is 27.6 Å². The number of carbonyl (C=O) groups is 1. The highest BCUT2D eigenvalue weighted by molar-refractivity contribution is 7.98. The summed E-state index contributed by atoms with van der Waals surface area (Å²) in [6, 6.07) is 7.35. The summed E-state index contributed by atoms with van der Waals surface area (Å²) in [5, 5.41) is 0.121. The molecule has 48 heavy (non-hydrogen) atoms. The first-order valence-electron chi connectivity index (χ1n) is 19.7. The Bertz CT molecular complexity index is 2170. The van der Waals surface area contributed by atoms with E-state index in [1.165, 1.54) is 23.6 Å². The average molecular weight is 690 g/mol. The highest BCUT2D eigenvalue weighted by atomic mass is 32.2. The van der Waals surface area contributed by atoms with Crippen LogP contribution in [0.1, 0.15) is 66.1 Å². The van der Waals surface area contributed by atoms with Crippen molar-refractivity contribution in [2.45, 2.75) is 70.2 Å². The monoisotopic (exact) mass is 689 g/mol. The number of halogens is 4. The third-order valence-electron chi connectivity index (χ3n) is 7.91. The number of thioether (sulfide) groups is 1. The van der Waals surface area contributed by atoms with Gasteiger partial charge in [-0.3, -0.25) is 9.59 Å². The normalized spacial score (nSPS) is 16.5. The lowest BCUT2D eigenvalue weighted by molar-refractivity contribution is -0.137. The van der Waals surface area contributed by atoms with Crippen LogP contribution in [0, 0.1) is 12.7 Å². The Morgan fingerprint density at radius 1 is 1.02 bits per heavy atom. The molecule has 254 valence electrons. The van der Waals surface area contributed by atoms with E-state index >= 15 is 0 Å². The van der Waals surface area contributed by atoms with Crippen molar-refractivity contribution in [3.63, 3.8) is 0 Å². The van der Waals surface area contributed by atoms with Crippen LogP contribution in [0.4, 0.5) is 17.6 Å². The average Bonchev–Trinajstić information content (AvgIpc) is 3.60. The van der Waals surface area contributed by atoms with E-state index in [0.717, 1.165) is 54.8 Å². The number of aromatic nitrogens is 2. The highest BCUT2D eigenvalue weighted by Gasteiger charge is 2.30. The van der Waals surface area contributed by atoms with E-state index in [2.05, 4.69) is 4.98 Å². The van der Waals surface area contributed by atoms with E-state index in [9.17, 15) is 29.9 Å². The molecule has 1 aliphatic carbocycles. The number of rotatable bonds is 13. The van der Waals surface area contributed by atoms with Gasteiger partial charge in [0.15, 0.2) is 5.16 Å². The molecule has 1 aromatic heterocycles. The second kappa shape index (κ2) is 15.5. The summed E-state index contributed by atoms with van der Waals surface area (Å²) in [5.74, 6) is -1.17. The molecular formula is C37H40F4N4O2S. The number of likely N-dealkylation sites (N-methyl/N-ethyl adjacent to an activating group) is 1. The Morgan fingerprint density at radius 3 is 2.40 bits per heavy atom. The number of hydrogen-bond acceptors (Lipinski definition) is 5. The van der Waals surface area contributed by atoms with Crippen molar-refractivity contribution in [1.29, 1.82) is 0 Å². The number of fused-ring (bicyclic) bond motifs is 1. The van der Waals surface area contributed by atoms with Gasteiger partial charge in [-0.25, -0.2) is 4.39 Å².